The van der Waals surface area contributed by atoms with Crippen LogP contribution < -0.4 is 5.32 Å². The maximum absolute atomic E-state index is 5.67. The SMILES string of the molecule is CC(C)(C)NCc1coc2ccc(-c3ccccc3)cc12. The first kappa shape index (κ1) is 13.9. The van der Waals surface area contributed by atoms with Crippen molar-refractivity contribution in [3.8, 4) is 11.1 Å². The number of furan rings is 1. The standard InChI is InChI=1S/C19H21NO/c1-19(2,3)20-12-16-13-21-18-10-9-15(11-17(16)18)14-7-5-4-6-8-14/h4-11,13,20H,12H2,1-3H3. The topological polar surface area (TPSA) is 25.2 Å². The Labute approximate surface area is 125 Å². The molecule has 1 aromatic heterocycles. The molecule has 0 atom stereocenters. The van der Waals surface area contributed by atoms with Gasteiger partial charge in [-0.1, -0.05) is 36.4 Å². The van der Waals surface area contributed by atoms with Crippen molar-refractivity contribution >= 4 is 11.0 Å². The van der Waals surface area contributed by atoms with E-state index in [9.17, 15) is 0 Å². The second-order valence-corrected chi connectivity index (χ2v) is 6.44. The molecule has 0 amide bonds. The number of rotatable bonds is 3. The van der Waals surface area contributed by atoms with Crippen molar-refractivity contribution in [3.05, 3.63) is 60.4 Å². The lowest BCUT2D eigenvalue weighted by Crippen LogP contribution is -2.34. The van der Waals surface area contributed by atoms with Gasteiger partial charge in [-0.05, 0) is 44.0 Å². The molecule has 0 fully saturated rings. The van der Waals surface area contributed by atoms with Gasteiger partial charge in [0.25, 0.3) is 0 Å². The van der Waals surface area contributed by atoms with E-state index in [1.165, 1.54) is 22.1 Å². The molecule has 2 nitrogen and oxygen atoms in total. The van der Waals surface area contributed by atoms with Gasteiger partial charge in [0.2, 0.25) is 0 Å². The molecule has 3 rings (SSSR count). The van der Waals surface area contributed by atoms with Crippen molar-refractivity contribution in [2.24, 2.45) is 0 Å². The zero-order valence-electron chi connectivity index (χ0n) is 12.8. The Morgan fingerprint density at radius 1 is 0.952 bits per heavy atom. The minimum absolute atomic E-state index is 0.0979. The fourth-order valence-corrected chi connectivity index (χ4v) is 2.39. The number of hydrogen-bond donors (Lipinski definition) is 1. The van der Waals surface area contributed by atoms with Crippen molar-refractivity contribution in [2.75, 3.05) is 0 Å². The van der Waals surface area contributed by atoms with Gasteiger partial charge < -0.3 is 9.73 Å². The second-order valence-electron chi connectivity index (χ2n) is 6.44. The Morgan fingerprint density at radius 3 is 2.43 bits per heavy atom. The van der Waals surface area contributed by atoms with Crippen LogP contribution in [0.1, 0.15) is 26.3 Å². The molecule has 0 aliphatic heterocycles. The summed E-state index contributed by atoms with van der Waals surface area (Å²) in [5.41, 5.74) is 4.70. The van der Waals surface area contributed by atoms with Gasteiger partial charge in [-0.15, -0.1) is 0 Å². The van der Waals surface area contributed by atoms with Crippen LogP contribution in [-0.4, -0.2) is 5.54 Å². The molecule has 21 heavy (non-hydrogen) atoms. The number of nitrogens with one attached hydrogen (secondary N) is 1. The van der Waals surface area contributed by atoms with E-state index in [0.29, 0.717) is 0 Å². The van der Waals surface area contributed by atoms with Gasteiger partial charge in [0, 0.05) is 23.0 Å². The van der Waals surface area contributed by atoms with E-state index in [1.54, 1.807) is 0 Å². The van der Waals surface area contributed by atoms with Gasteiger partial charge in [0.1, 0.15) is 5.58 Å². The van der Waals surface area contributed by atoms with Crippen molar-refractivity contribution in [1.82, 2.24) is 5.32 Å². The predicted octanol–water partition coefficient (Wildman–Crippen LogP) is 4.99. The van der Waals surface area contributed by atoms with Gasteiger partial charge in [-0.2, -0.15) is 0 Å². The minimum atomic E-state index is 0.0979. The average molecular weight is 279 g/mol. The summed E-state index contributed by atoms with van der Waals surface area (Å²) < 4.78 is 5.67. The third kappa shape index (κ3) is 3.17. The van der Waals surface area contributed by atoms with Crippen LogP contribution in [0.15, 0.2) is 59.2 Å². The Balaban J connectivity index is 1.96. The Bertz CT molecular complexity index is 735. The van der Waals surface area contributed by atoms with Crippen LogP contribution >= 0.6 is 0 Å². The summed E-state index contributed by atoms with van der Waals surface area (Å²) in [6, 6.07) is 16.8. The predicted molar refractivity (Wildman–Crippen MR) is 88.2 cm³/mol. The van der Waals surface area contributed by atoms with Crippen LogP contribution in [0.3, 0.4) is 0 Å². The molecule has 0 saturated carbocycles. The lowest BCUT2D eigenvalue weighted by molar-refractivity contribution is 0.423. The molecular formula is C19H21NO. The maximum atomic E-state index is 5.67. The quantitative estimate of drug-likeness (QED) is 0.730. The van der Waals surface area contributed by atoms with Crippen LogP contribution in [0, 0.1) is 0 Å². The monoisotopic (exact) mass is 279 g/mol. The van der Waals surface area contributed by atoms with Gasteiger partial charge in [-0.3, -0.25) is 0 Å². The largest absolute Gasteiger partial charge is 0.464 e. The minimum Gasteiger partial charge on any atom is -0.464 e. The maximum Gasteiger partial charge on any atom is 0.134 e. The lowest BCUT2D eigenvalue weighted by Gasteiger charge is -2.20. The first-order valence-electron chi connectivity index (χ1n) is 7.33. The summed E-state index contributed by atoms with van der Waals surface area (Å²) >= 11 is 0. The molecule has 0 saturated heterocycles. The zero-order valence-corrected chi connectivity index (χ0v) is 12.8. The Kier molecular flexibility index (Phi) is 3.56. The lowest BCUT2D eigenvalue weighted by atomic mass is 10.0. The molecule has 1 N–H and O–H groups in total. The van der Waals surface area contributed by atoms with Gasteiger partial charge in [0.15, 0.2) is 0 Å². The van der Waals surface area contributed by atoms with E-state index in [4.69, 9.17) is 4.42 Å². The van der Waals surface area contributed by atoms with Crippen molar-refractivity contribution in [1.29, 1.82) is 0 Å². The van der Waals surface area contributed by atoms with Crippen LogP contribution in [0.2, 0.25) is 0 Å². The third-order valence-electron chi connectivity index (χ3n) is 3.57. The molecule has 0 spiro atoms. The van der Waals surface area contributed by atoms with Gasteiger partial charge in [-0.25, -0.2) is 0 Å². The zero-order chi connectivity index (χ0) is 14.9. The van der Waals surface area contributed by atoms with Gasteiger partial charge in [0.05, 0.1) is 6.26 Å². The molecule has 0 aliphatic carbocycles. The highest BCUT2D eigenvalue weighted by molar-refractivity contribution is 5.86. The molecule has 0 aliphatic rings. The summed E-state index contributed by atoms with van der Waals surface area (Å²) in [7, 11) is 0. The summed E-state index contributed by atoms with van der Waals surface area (Å²) in [6.07, 6.45) is 1.86. The summed E-state index contributed by atoms with van der Waals surface area (Å²) in [5.74, 6) is 0. The fourth-order valence-electron chi connectivity index (χ4n) is 2.39. The molecule has 0 bridgehead atoms. The highest BCUT2D eigenvalue weighted by Gasteiger charge is 2.12. The molecule has 2 aromatic carbocycles. The van der Waals surface area contributed by atoms with Gasteiger partial charge >= 0.3 is 0 Å². The van der Waals surface area contributed by atoms with E-state index in [0.717, 1.165) is 12.1 Å². The van der Waals surface area contributed by atoms with E-state index in [2.05, 4.69) is 68.6 Å². The molecule has 3 aromatic rings. The summed E-state index contributed by atoms with van der Waals surface area (Å²) in [6.45, 7) is 7.33. The summed E-state index contributed by atoms with van der Waals surface area (Å²) in [5, 5.41) is 4.70. The summed E-state index contributed by atoms with van der Waals surface area (Å²) in [4.78, 5) is 0. The number of benzene rings is 2. The molecule has 108 valence electrons. The molecule has 2 heteroatoms. The van der Waals surface area contributed by atoms with Crippen molar-refractivity contribution in [2.45, 2.75) is 32.9 Å². The highest BCUT2D eigenvalue weighted by Crippen LogP contribution is 2.28. The molecule has 0 radical (unpaired) electrons. The smallest absolute Gasteiger partial charge is 0.134 e. The number of fused-ring (bicyclic) bond motifs is 1. The normalized spacial score (nSPS) is 12.0. The Hall–Kier alpha value is -2.06. The van der Waals surface area contributed by atoms with E-state index < -0.39 is 0 Å². The average Bonchev–Trinajstić information content (AvgIpc) is 2.87. The first-order valence-corrected chi connectivity index (χ1v) is 7.33. The fraction of sp³-hybridized carbons (Fsp3) is 0.263. The van der Waals surface area contributed by atoms with Crippen molar-refractivity contribution < 1.29 is 4.42 Å². The van der Waals surface area contributed by atoms with Crippen LogP contribution in [-0.2, 0) is 6.54 Å². The van der Waals surface area contributed by atoms with E-state index in [-0.39, 0.29) is 5.54 Å². The second kappa shape index (κ2) is 5.38. The third-order valence-corrected chi connectivity index (χ3v) is 3.57. The molecule has 0 unspecified atom stereocenters. The van der Waals surface area contributed by atoms with Crippen LogP contribution in [0.25, 0.3) is 22.1 Å². The molecular weight excluding hydrogens is 258 g/mol. The van der Waals surface area contributed by atoms with Crippen LogP contribution in [0.4, 0.5) is 0 Å². The van der Waals surface area contributed by atoms with Crippen LogP contribution in [0.5, 0.6) is 0 Å². The molecule has 1 heterocycles. The number of hydrogen-bond acceptors (Lipinski definition) is 2. The van der Waals surface area contributed by atoms with Crippen molar-refractivity contribution in [3.63, 3.8) is 0 Å². The first-order chi connectivity index (χ1) is 10.0. The van der Waals surface area contributed by atoms with E-state index >= 15 is 0 Å². The highest BCUT2D eigenvalue weighted by atomic mass is 16.3. The Morgan fingerprint density at radius 2 is 1.71 bits per heavy atom. The van der Waals surface area contributed by atoms with E-state index in [1.807, 2.05) is 12.3 Å².